The maximum Gasteiger partial charge on any atom is 0.224 e. The molecule has 0 bridgehead atoms. The van der Waals surface area contributed by atoms with Gasteiger partial charge in [0, 0.05) is 28.6 Å². The smallest absolute Gasteiger partial charge is 0.224 e. The minimum atomic E-state index is 0.104. The van der Waals surface area contributed by atoms with Gasteiger partial charge in [0.2, 0.25) is 5.91 Å². The largest absolute Gasteiger partial charge is 0.358 e. The lowest BCUT2D eigenvalue weighted by Crippen LogP contribution is -2.33. The molecule has 2 N–H and O–H groups in total. The van der Waals surface area contributed by atoms with Crippen LogP contribution in [0.15, 0.2) is 48.5 Å². The number of amides is 1. The number of hydrogen-bond acceptors (Lipinski definition) is 1. The van der Waals surface area contributed by atoms with E-state index in [1.807, 2.05) is 13.0 Å². The first kappa shape index (κ1) is 15.9. The number of carbonyl (C=O) groups is 1. The zero-order valence-electron chi connectivity index (χ0n) is 14.9. The van der Waals surface area contributed by atoms with Gasteiger partial charge in [0.05, 0.1) is 6.42 Å². The number of aryl methyl sites for hydroxylation is 2. The van der Waals surface area contributed by atoms with E-state index < -0.39 is 0 Å². The number of rotatable bonds is 5. The van der Waals surface area contributed by atoms with E-state index >= 15 is 0 Å². The topological polar surface area (TPSA) is 44.9 Å². The van der Waals surface area contributed by atoms with E-state index in [4.69, 9.17) is 0 Å². The number of aromatic amines is 1. The van der Waals surface area contributed by atoms with Gasteiger partial charge in [-0.2, -0.15) is 0 Å². The van der Waals surface area contributed by atoms with Crippen LogP contribution in [0.3, 0.4) is 0 Å². The SMILES string of the molecule is Cc1ccc2[nH]c(C)c(CC(=O)NCC3(c4ccccc4)CC3)c2c1. The molecule has 0 saturated heterocycles. The number of benzene rings is 2. The van der Waals surface area contributed by atoms with Gasteiger partial charge in [-0.3, -0.25) is 4.79 Å². The molecule has 1 saturated carbocycles. The zero-order valence-corrected chi connectivity index (χ0v) is 14.9. The van der Waals surface area contributed by atoms with E-state index in [9.17, 15) is 4.79 Å². The molecule has 3 heteroatoms. The number of hydrogen-bond donors (Lipinski definition) is 2. The summed E-state index contributed by atoms with van der Waals surface area (Å²) in [4.78, 5) is 16.0. The summed E-state index contributed by atoms with van der Waals surface area (Å²) in [5.74, 6) is 0.104. The quantitative estimate of drug-likeness (QED) is 0.723. The second-order valence-corrected chi connectivity index (χ2v) is 7.38. The van der Waals surface area contributed by atoms with Crippen LogP contribution in [0.1, 0.15) is 35.2 Å². The van der Waals surface area contributed by atoms with Crippen LogP contribution in [0.2, 0.25) is 0 Å². The Morgan fingerprint density at radius 2 is 1.88 bits per heavy atom. The number of aromatic nitrogens is 1. The van der Waals surface area contributed by atoms with E-state index in [-0.39, 0.29) is 11.3 Å². The third-order valence-electron chi connectivity index (χ3n) is 5.48. The van der Waals surface area contributed by atoms with Gasteiger partial charge in [-0.25, -0.2) is 0 Å². The number of nitrogens with one attached hydrogen (secondary N) is 2. The predicted octanol–water partition coefficient (Wildman–Crippen LogP) is 4.18. The van der Waals surface area contributed by atoms with Crippen molar-refractivity contribution in [2.75, 3.05) is 6.54 Å². The maximum atomic E-state index is 12.6. The molecular weight excluding hydrogens is 308 g/mol. The molecule has 0 spiro atoms. The molecule has 1 heterocycles. The Kier molecular flexibility index (Phi) is 3.87. The fourth-order valence-corrected chi connectivity index (χ4v) is 3.72. The number of carbonyl (C=O) groups excluding carboxylic acids is 1. The summed E-state index contributed by atoms with van der Waals surface area (Å²) in [7, 11) is 0. The zero-order chi connectivity index (χ0) is 17.4. The van der Waals surface area contributed by atoms with Crippen molar-refractivity contribution in [3.05, 3.63) is 70.9 Å². The van der Waals surface area contributed by atoms with Crippen LogP contribution < -0.4 is 5.32 Å². The summed E-state index contributed by atoms with van der Waals surface area (Å²) in [6, 6.07) is 16.9. The van der Waals surface area contributed by atoms with Crippen molar-refractivity contribution >= 4 is 16.8 Å². The highest BCUT2D eigenvalue weighted by Gasteiger charge is 2.44. The van der Waals surface area contributed by atoms with Crippen molar-refractivity contribution < 1.29 is 4.79 Å². The van der Waals surface area contributed by atoms with Crippen LogP contribution in [-0.2, 0) is 16.6 Å². The molecule has 0 unspecified atom stereocenters. The molecule has 1 aliphatic carbocycles. The second-order valence-electron chi connectivity index (χ2n) is 7.38. The van der Waals surface area contributed by atoms with E-state index in [1.165, 1.54) is 11.1 Å². The fraction of sp³-hybridized carbons (Fsp3) is 0.318. The second kappa shape index (κ2) is 6.07. The van der Waals surface area contributed by atoms with E-state index in [1.54, 1.807) is 0 Å². The van der Waals surface area contributed by atoms with Crippen LogP contribution >= 0.6 is 0 Å². The van der Waals surface area contributed by atoms with Gasteiger partial charge < -0.3 is 10.3 Å². The first-order valence-electron chi connectivity index (χ1n) is 8.97. The molecule has 25 heavy (non-hydrogen) atoms. The molecule has 0 aliphatic heterocycles. The fourth-order valence-electron chi connectivity index (χ4n) is 3.72. The first-order valence-corrected chi connectivity index (χ1v) is 8.97. The van der Waals surface area contributed by atoms with Crippen molar-refractivity contribution in [3.8, 4) is 0 Å². The summed E-state index contributed by atoms with van der Waals surface area (Å²) in [5.41, 5.74) is 6.01. The van der Waals surface area contributed by atoms with Gasteiger partial charge in [-0.05, 0) is 49.9 Å². The average Bonchev–Trinajstić information content (AvgIpc) is 3.35. The maximum absolute atomic E-state index is 12.6. The third-order valence-corrected chi connectivity index (χ3v) is 5.48. The van der Waals surface area contributed by atoms with Gasteiger partial charge in [-0.15, -0.1) is 0 Å². The lowest BCUT2D eigenvalue weighted by atomic mass is 9.96. The highest BCUT2D eigenvalue weighted by atomic mass is 16.1. The van der Waals surface area contributed by atoms with Gasteiger partial charge in [0.1, 0.15) is 0 Å². The molecule has 1 amide bonds. The summed E-state index contributed by atoms with van der Waals surface area (Å²) >= 11 is 0. The molecule has 1 aliphatic rings. The third kappa shape index (κ3) is 3.07. The summed E-state index contributed by atoms with van der Waals surface area (Å²) in [6.07, 6.45) is 2.74. The van der Waals surface area contributed by atoms with E-state index in [2.05, 4.69) is 59.7 Å². The Labute approximate surface area is 148 Å². The highest BCUT2D eigenvalue weighted by molar-refractivity contribution is 5.90. The van der Waals surface area contributed by atoms with Crippen molar-refractivity contribution in [2.45, 2.75) is 38.5 Å². The summed E-state index contributed by atoms with van der Waals surface area (Å²) in [6.45, 7) is 4.86. The van der Waals surface area contributed by atoms with Gasteiger partial charge >= 0.3 is 0 Å². The standard InChI is InChI=1S/C22H24N2O/c1-15-8-9-20-19(12-15)18(16(2)24-20)13-21(25)23-14-22(10-11-22)17-6-4-3-5-7-17/h3-9,12,24H,10-11,13-14H2,1-2H3,(H,23,25). The van der Waals surface area contributed by atoms with Gasteiger partial charge in [0.15, 0.2) is 0 Å². The number of H-pyrrole nitrogens is 1. The van der Waals surface area contributed by atoms with Crippen molar-refractivity contribution in [1.82, 2.24) is 10.3 Å². The lowest BCUT2D eigenvalue weighted by Gasteiger charge is -2.16. The van der Waals surface area contributed by atoms with Crippen LogP contribution in [0.4, 0.5) is 0 Å². The molecule has 3 nitrogen and oxygen atoms in total. The predicted molar refractivity (Wildman–Crippen MR) is 102 cm³/mol. The van der Waals surface area contributed by atoms with Crippen molar-refractivity contribution in [2.24, 2.45) is 0 Å². The van der Waals surface area contributed by atoms with Crippen LogP contribution in [0.5, 0.6) is 0 Å². The molecule has 1 fully saturated rings. The molecule has 4 rings (SSSR count). The summed E-state index contributed by atoms with van der Waals surface area (Å²) < 4.78 is 0. The van der Waals surface area contributed by atoms with Crippen LogP contribution in [0, 0.1) is 13.8 Å². The molecule has 3 aromatic rings. The summed E-state index contributed by atoms with van der Waals surface area (Å²) in [5, 5.41) is 4.34. The Morgan fingerprint density at radius 3 is 2.60 bits per heavy atom. The van der Waals surface area contributed by atoms with Crippen LogP contribution in [-0.4, -0.2) is 17.4 Å². The van der Waals surface area contributed by atoms with E-state index in [0.717, 1.165) is 41.5 Å². The monoisotopic (exact) mass is 332 g/mol. The van der Waals surface area contributed by atoms with Crippen LogP contribution in [0.25, 0.3) is 10.9 Å². The Bertz CT molecular complexity index is 920. The Balaban J connectivity index is 1.47. The Hall–Kier alpha value is -2.55. The molecule has 0 radical (unpaired) electrons. The minimum absolute atomic E-state index is 0.104. The average molecular weight is 332 g/mol. The molecular formula is C22H24N2O. The molecule has 128 valence electrons. The molecule has 1 aromatic heterocycles. The van der Waals surface area contributed by atoms with Crippen molar-refractivity contribution in [1.29, 1.82) is 0 Å². The van der Waals surface area contributed by atoms with E-state index in [0.29, 0.717) is 6.42 Å². The highest BCUT2D eigenvalue weighted by Crippen LogP contribution is 2.47. The normalized spacial score (nSPS) is 15.3. The Morgan fingerprint density at radius 1 is 1.12 bits per heavy atom. The van der Waals surface area contributed by atoms with Gasteiger partial charge in [-0.1, -0.05) is 42.0 Å². The number of fused-ring (bicyclic) bond motifs is 1. The lowest BCUT2D eigenvalue weighted by molar-refractivity contribution is -0.120. The van der Waals surface area contributed by atoms with Crippen molar-refractivity contribution in [3.63, 3.8) is 0 Å². The van der Waals surface area contributed by atoms with Gasteiger partial charge in [0.25, 0.3) is 0 Å². The molecule has 2 aromatic carbocycles. The molecule has 0 atom stereocenters. The first-order chi connectivity index (χ1) is 12.1. The minimum Gasteiger partial charge on any atom is -0.358 e.